The molecule has 0 aliphatic heterocycles. The Morgan fingerprint density at radius 2 is 1.85 bits per heavy atom. The van der Waals surface area contributed by atoms with Gasteiger partial charge < -0.3 is 24.1 Å². The van der Waals surface area contributed by atoms with Gasteiger partial charge in [-0.25, -0.2) is 0 Å². The summed E-state index contributed by atoms with van der Waals surface area (Å²) in [5.41, 5.74) is 0.659. The van der Waals surface area contributed by atoms with Crippen LogP contribution in [0, 0.1) is 5.92 Å². The Bertz CT molecular complexity index is 760. The fourth-order valence-corrected chi connectivity index (χ4v) is 2.80. The Hall–Kier alpha value is -2.77. The molecule has 0 saturated heterocycles. The summed E-state index contributed by atoms with van der Waals surface area (Å²) in [5.74, 6) is 2.36. The Morgan fingerprint density at radius 1 is 1.19 bits per heavy atom. The van der Waals surface area contributed by atoms with Crippen LogP contribution in [0.15, 0.2) is 16.7 Å². The van der Waals surface area contributed by atoms with Gasteiger partial charge in [0.15, 0.2) is 11.5 Å². The maximum atomic E-state index is 12.1. The van der Waals surface area contributed by atoms with Crippen LogP contribution in [-0.2, 0) is 4.79 Å². The molecule has 1 aliphatic rings. The second kappa shape index (κ2) is 7.63. The highest BCUT2D eigenvalue weighted by Crippen LogP contribution is 2.40. The first-order valence-corrected chi connectivity index (χ1v) is 8.51. The molecule has 1 fully saturated rings. The second-order valence-electron chi connectivity index (χ2n) is 6.23. The zero-order chi connectivity index (χ0) is 18.7. The van der Waals surface area contributed by atoms with Crippen molar-refractivity contribution < 1.29 is 23.5 Å². The number of nitrogens with one attached hydrogen (secondary N) is 1. The maximum Gasteiger partial charge on any atom is 0.249 e. The smallest absolute Gasteiger partial charge is 0.249 e. The maximum absolute atomic E-state index is 12.1. The minimum Gasteiger partial charge on any atom is -0.493 e. The molecule has 140 valence electrons. The van der Waals surface area contributed by atoms with Gasteiger partial charge >= 0.3 is 0 Å². The van der Waals surface area contributed by atoms with Gasteiger partial charge in [-0.15, -0.1) is 0 Å². The zero-order valence-electron chi connectivity index (χ0n) is 15.4. The summed E-state index contributed by atoms with van der Waals surface area (Å²) in [4.78, 5) is 16.5. The molecule has 26 heavy (non-hydrogen) atoms. The number of nitrogens with zero attached hydrogens (tertiary/aromatic N) is 2. The van der Waals surface area contributed by atoms with Gasteiger partial charge in [0, 0.05) is 11.5 Å². The molecule has 1 aromatic carbocycles. The molecular weight excluding hydrogens is 338 g/mol. The molecule has 1 heterocycles. The predicted molar refractivity (Wildman–Crippen MR) is 93.3 cm³/mol. The van der Waals surface area contributed by atoms with E-state index < -0.39 is 0 Å². The minimum absolute atomic E-state index is 0.0382. The topological polar surface area (TPSA) is 95.7 Å². The van der Waals surface area contributed by atoms with Crippen molar-refractivity contribution in [3.8, 4) is 28.6 Å². The lowest BCUT2D eigenvalue weighted by molar-refractivity contribution is -0.128. The van der Waals surface area contributed by atoms with E-state index in [1.54, 1.807) is 33.5 Å². The van der Waals surface area contributed by atoms with E-state index in [-0.39, 0.29) is 17.9 Å². The van der Waals surface area contributed by atoms with Crippen molar-refractivity contribution in [1.29, 1.82) is 0 Å². The van der Waals surface area contributed by atoms with Crippen molar-refractivity contribution >= 4 is 5.91 Å². The first kappa shape index (κ1) is 18.0. The molecule has 1 aromatic heterocycles. The normalized spacial score (nSPS) is 15.1. The highest BCUT2D eigenvalue weighted by molar-refractivity contribution is 5.79. The number of rotatable bonds is 7. The van der Waals surface area contributed by atoms with Crippen LogP contribution in [0.25, 0.3) is 11.4 Å². The lowest BCUT2D eigenvalue weighted by Gasteiger charge is -2.25. The van der Waals surface area contributed by atoms with Crippen molar-refractivity contribution in [2.24, 2.45) is 5.92 Å². The zero-order valence-corrected chi connectivity index (χ0v) is 15.4. The standard InChI is InChI=1S/C18H23N3O5/c1-10(19-17(22)11-6-5-7-11)18-20-16(21-26-18)12-8-13(23-2)15(25-4)14(9-12)24-3/h8-11H,5-7H2,1-4H3,(H,19,22). The van der Waals surface area contributed by atoms with E-state index >= 15 is 0 Å². The summed E-state index contributed by atoms with van der Waals surface area (Å²) in [5, 5.41) is 6.93. The predicted octanol–water partition coefficient (Wildman–Crippen LogP) is 2.74. The molecule has 1 N–H and O–H groups in total. The summed E-state index contributed by atoms with van der Waals surface area (Å²) in [6.45, 7) is 1.82. The largest absolute Gasteiger partial charge is 0.493 e. The number of carbonyl (C=O) groups is 1. The van der Waals surface area contributed by atoms with Gasteiger partial charge in [0.1, 0.15) is 6.04 Å². The van der Waals surface area contributed by atoms with Crippen molar-refractivity contribution in [2.75, 3.05) is 21.3 Å². The quantitative estimate of drug-likeness (QED) is 0.810. The third-order valence-electron chi connectivity index (χ3n) is 4.57. The van der Waals surface area contributed by atoms with Crippen molar-refractivity contribution in [2.45, 2.75) is 32.2 Å². The van der Waals surface area contributed by atoms with Crippen LogP contribution in [0.1, 0.15) is 38.1 Å². The monoisotopic (exact) mass is 361 g/mol. The SMILES string of the molecule is COc1cc(-c2noc(C(C)NC(=O)C3CCC3)n2)cc(OC)c1OC. The van der Waals surface area contributed by atoms with Gasteiger partial charge in [0.05, 0.1) is 21.3 Å². The average Bonchev–Trinajstić information content (AvgIpc) is 3.08. The van der Waals surface area contributed by atoms with Gasteiger partial charge in [0.2, 0.25) is 23.4 Å². The summed E-state index contributed by atoms with van der Waals surface area (Å²) in [7, 11) is 4.63. The van der Waals surface area contributed by atoms with E-state index in [1.165, 1.54) is 0 Å². The summed E-state index contributed by atoms with van der Waals surface area (Å²) < 4.78 is 21.3. The summed E-state index contributed by atoms with van der Waals surface area (Å²) >= 11 is 0. The first-order chi connectivity index (χ1) is 12.6. The van der Waals surface area contributed by atoms with Crippen LogP contribution in [0.3, 0.4) is 0 Å². The highest BCUT2D eigenvalue weighted by atomic mass is 16.5. The molecule has 1 unspecified atom stereocenters. The molecule has 0 radical (unpaired) electrons. The van der Waals surface area contributed by atoms with Crippen molar-refractivity contribution in [3.63, 3.8) is 0 Å². The van der Waals surface area contributed by atoms with E-state index in [4.69, 9.17) is 18.7 Å². The Morgan fingerprint density at radius 3 is 2.35 bits per heavy atom. The van der Waals surface area contributed by atoms with Crippen LogP contribution in [0.4, 0.5) is 0 Å². The number of aromatic nitrogens is 2. The average molecular weight is 361 g/mol. The molecular formula is C18H23N3O5. The van der Waals surface area contributed by atoms with Crippen LogP contribution < -0.4 is 19.5 Å². The fraction of sp³-hybridized carbons (Fsp3) is 0.500. The van der Waals surface area contributed by atoms with Gasteiger partial charge in [-0.1, -0.05) is 11.6 Å². The number of ether oxygens (including phenoxy) is 3. The Labute approximate surface area is 151 Å². The number of methoxy groups -OCH3 is 3. The second-order valence-corrected chi connectivity index (χ2v) is 6.23. The van der Waals surface area contributed by atoms with E-state index in [0.29, 0.717) is 34.5 Å². The van der Waals surface area contributed by atoms with Crippen molar-refractivity contribution in [3.05, 3.63) is 18.0 Å². The van der Waals surface area contributed by atoms with Crippen molar-refractivity contribution in [1.82, 2.24) is 15.5 Å². The highest BCUT2D eigenvalue weighted by Gasteiger charge is 2.28. The summed E-state index contributed by atoms with van der Waals surface area (Å²) in [6.07, 6.45) is 3.00. The third kappa shape index (κ3) is 3.44. The third-order valence-corrected chi connectivity index (χ3v) is 4.57. The van der Waals surface area contributed by atoms with Gasteiger partial charge in [-0.3, -0.25) is 4.79 Å². The van der Waals surface area contributed by atoms with Crippen LogP contribution in [0.5, 0.6) is 17.2 Å². The van der Waals surface area contributed by atoms with Gasteiger partial charge in [-0.2, -0.15) is 4.98 Å². The molecule has 8 heteroatoms. The molecule has 3 rings (SSSR count). The molecule has 1 atom stereocenters. The van der Waals surface area contributed by atoms with Gasteiger partial charge in [0.25, 0.3) is 0 Å². The number of hydrogen-bond donors (Lipinski definition) is 1. The Kier molecular flexibility index (Phi) is 5.29. The van der Waals surface area contributed by atoms with E-state index in [1.807, 2.05) is 6.92 Å². The lowest BCUT2D eigenvalue weighted by Crippen LogP contribution is -2.36. The first-order valence-electron chi connectivity index (χ1n) is 8.51. The number of benzene rings is 1. The lowest BCUT2D eigenvalue weighted by atomic mass is 9.84. The summed E-state index contributed by atoms with van der Waals surface area (Å²) in [6, 6.07) is 3.13. The van der Waals surface area contributed by atoms with Crippen LogP contribution >= 0.6 is 0 Å². The van der Waals surface area contributed by atoms with E-state index in [9.17, 15) is 4.79 Å². The fourth-order valence-electron chi connectivity index (χ4n) is 2.80. The minimum atomic E-state index is -0.355. The number of carbonyl (C=O) groups excluding carboxylic acids is 1. The molecule has 2 aromatic rings. The Balaban J connectivity index is 1.81. The molecule has 0 bridgehead atoms. The van der Waals surface area contributed by atoms with Crippen LogP contribution in [-0.4, -0.2) is 37.4 Å². The van der Waals surface area contributed by atoms with E-state index in [2.05, 4.69) is 15.5 Å². The molecule has 1 aliphatic carbocycles. The number of amides is 1. The number of hydrogen-bond acceptors (Lipinski definition) is 7. The van der Waals surface area contributed by atoms with Gasteiger partial charge in [-0.05, 0) is 31.9 Å². The molecule has 1 amide bonds. The van der Waals surface area contributed by atoms with E-state index in [0.717, 1.165) is 19.3 Å². The molecule has 1 saturated carbocycles. The molecule has 8 nitrogen and oxygen atoms in total. The van der Waals surface area contributed by atoms with Crippen LogP contribution in [0.2, 0.25) is 0 Å². The molecule has 0 spiro atoms.